The Kier molecular flexibility index (Phi) is 12.3. The molecule has 0 aliphatic carbocycles. The van der Waals surface area contributed by atoms with Gasteiger partial charge >= 0.3 is 0 Å². The van der Waals surface area contributed by atoms with Crippen molar-refractivity contribution in [3.63, 3.8) is 0 Å². The monoisotopic (exact) mass is 512 g/mol. The molecule has 0 atom stereocenters. The van der Waals surface area contributed by atoms with Gasteiger partial charge in [-0.05, 0) is 37.4 Å². The molecule has 2 aromatic rings. The van der Waals surface area contributed by atoms with Gasteiger partial charge in [-0.2, -0.15) is 0 Å². The minimum Gasteiger partial charge on any atom is -0.493 e. The van der Waals surface area contributed by atoms with E-state index in [9.17, 15) is 0 Å². The van der Waals surface area contributed by atoms with Crippen LogP contribution in [0, 0.1) is 0 Å². The zero-order valence-electron chi connectivity index (χ0n) is 17.8. The van der Waals surface area contributed by atoms with Crippen LogP contribution in [0.1, 0.15) is 17.5 Å². The van der Waals surface area contributed by atoms with Gasteiger partial charge in [-0.15, -0.1) is 24.0 Å². The average molecular weight is 512 g/mol. The van der Waals surface area contributed by atoms with E-state index in [1.54, 1.807) is 14.2 Å². The van der Waals surface area contributed by atoms with Gasteiger partial charge in [0.05, 0.1) is 6.61 Å². The summed E-state index contributed by atoms with van der Waals surface area (Å²) in [4.78, 5) is 6.48. The van der Waals surface area contributed by atoms with Crippen molar-refractivity contribution in [2.45, 2.75) is 19.5 Å². The lowest BCUT2D eigenvalue weighted by Gasteiger charge is -2.14. The van der Waals surface area contributed by atoms with Gasteiger partial charge < -0.3 is 25.0 Å². The smallest absolute Gasteiger partial charge is 0.195 e. The Morgan fingerprint density at radius 2 is 1.79 bits per heavy atom. The molecule has 0 radical (unpaired) electrons. The third-order valence-corrected chi connectivity index (χ3v) is 4.03. The summed E-state index contributed by atoms with van der Waals surface area (Å²) in [7, 11) is 7.61. The third kappa shape index (κ3) is 9.96. The molecule has 7 heteroatoms. The van der Waals surface area contributed by atoms with Crippen LogP contribution in [-0.2, 0) is 17.8 Å². The predicted molar refractivity (Wildman–Crippen MR) is 131 cm³/mol. The van der Waals surface area contributed by atoms with Gasteiger partial charge in [0.25, 0.3) is 0 Å². The Bertz CT molecular complexity index is 753. The summed E-state index contributed by atoms with van der Waals surface area (Å²) in [5.41, 5.74) is 3.45. The van der Waals surface area contributed by atoms with Gasteiger partial charge in [0.2, 0.25) is 0 Å². The molecule has 29 heavy (non-hydrogen) atoms. The van der Waals surface area contributed by atoms with Gasteiger partial charge in [0, 0.05) is 52.0 Å². The minimum absolute atomic E-state index is 0. The Labute approximate surface area is 191 Å². The number of guanidine groups is 1. The van der Waals surface area contributed by atoms with E-state index in [-0.39, 0.29) is 24.0 Å². The van der Waals surface area contributed by atoms with E-state index in [0.717, 1.165) is 30.4 Å². The summed E-state index contributed by atoms with van der Waals surface area (Å²) in [6.07, 6.45) is 0.865. The summed E-state index contributed by atoms with van der Waals surface area (Å²) in [5, 5.41) is 6.68. The number of benzene rings is 2. The Balaban J connectivity index is 0.00000420. The van der Waals surface area contributed by atoms with Crippen LogP contribution in [0.15, 0.2) is 53.5 Å². The molecule has 0 saturated heterocycles. The summed E-state index contributed by atoms with van der Waals surface area (Å²) >= 11 is 0. The topological polar surface area (TPSA) is 58.1 Å². The summed E-state index contributed by atoms with van der Waals surface area (Å²) < 4.78 is 10.8. The van der Waals surface area contributed by atoms with Crippen molar-refractivity contribution in [2.24, 2.45) is 4.99 Å². The third-order valence-electron chi connectivity index (χ3n) is 4.03. The van der Waals surface area contributed by atoms with Crippen LogP contribution in [0.25, 0.3) is 0 Å². The number of halogens is 1. The van der Waals surface area contributed by atoms with Crippen LogP contribution < -0.4 is 15.4 Å². The fourth-order valence-electron chi connectivity index (χ4n) is 2.76. The zero-order chi connectivity index (χ0) is 20.2. The average Bonchev–Trinajstić information content (AvgIpc) is 2.68. The van der Waals surface area contributed by atoms with Crippen molar-refractivity contribution < 1.29 is 9.47 Å². The quantitative estimate of drug-likeness (QED) is 0.219. The molecule has 0 aromatic heterocycles. The van der Waals surface area contributed by atoms with Crippen LogP contribution >= 0.6 is 24.0 Å². The lowest BCUT2D eigenvalue weighted by Crippen LogP contribution is -2.30. The zero-order valence-corrected chi connectivity index (χ0v) is 20.1. The van der Waals surface area contributed by atoms with E-state index in [2.05, 4.69) is 58.9 Å². The van der Waals surface area contributed by atoms with Crippen molar-refractivity contribution in [3.8, 4) is 5.75 Å². The predicted octanol–water partition coefficient (Wildman–Crippen LogP) is 3.97. The van der Waals surface area contributed by atoms with E-state index in [1.165, 1.54) is 11.1 Å². The maximum Gasteiger partial charge on any atom is 0.195 e. The fraction of sp³-hybridized carbons (Fsp3) is 0.409. The first-order chi connectivity index (χ1) is 13.6. The summed E-state index contributed by atoms with van der Waals surface area (Å²) in [6.45, 7) is 2.96. The van der Waals surface area contributed by atoms with Crippen LogP contribution in [0.2, 0.25) is 0 Å². The number of methoxy groups -OCH3 is 1. The molecular weight excluding hydrogens is 479 g/mol. The molecule has 6 nitrogen and oxygen atoms in total. The van der Waals surface area contributed by atoms with Crippen molar-refractivity contribution in [3.05, 3.63) is 59.7 Å². The van der Waals surface area contributed by atoms with Crippen LogP contribution in [0.4, 0.5) is 5.69 Å². The Morgan fingerprint density at radius 3 is 2.52 bits per heavy atom. The van der Waals surface area contributed by atoms with Gasteiger partial charge in [-0.25, -0.2) is 0 Å². The first-order valence-electron chi connectivity index (χ1n) is 9.52. The molecule has 0 fully saturated rings. The van der Waals surface area contributed by atoms with Crippen LogP contribution in [0.5, 0.6) is 5.75 Å². The molecule has 0 aliphatic heterocycles. The van der Waals surface area contributed by atoms with E-state index < -0.39 is 0 Å². The molecule has 0 heterocycles. The second-order valence-corrected chi connectivity index (χ2v) is 6.83. The molecular formula is C22H33IN4O2. The van der Waals surface area contributed by atoms with Gasteiger partial charge in [0.1, 0.15) is 5.75 Å². The standard InChI is InChI=1S/C22H32N4O2.HI/c1-23-22(24-16-18-8-5-9-19(14-18)17-26(2)3)25-20-10-6-11-21(15-20)28-13-7-12-27-4;/h5-6,8-11,14-15H,7,12-13,16-17H2,1-4H3,(H2,23,24,25);1H. The molecule has 0 saturated carbocycles. The van der Waals surface area contributed by atoms with E-state index in [1.807, 2.05) is 24.3 Å². The number of ether oxygens (including phenoxy) is 2. The van der Waals surface area contributed by atoms with Gasteiger partial charge in [-0.1, -0.05) is 30.3 Å². The number of hydrogen-bond acceptors (Lipinski definition) is 4. The van der Waals surface area contributed by atoms with Crippen molar-refractivity contribution in [2.75, 3.05) is 46.8 Å². The highest BCUT2D eigenvalue weighted by atomic mass is 127. The first-order valence-corrected chi connectivity index (χ1v) is 9.52. The van der Waals surface area contributed by atoms with E-state index >= 15 is 0 Å². The lowest BCUT2D eigenvalue weighted by molar-refractivity contribution is 0.172. The normalized spacial score (nSPS) is 11.1. The molecule has 0 unspecified atom stereocenters. The summed E-state index contributed by atoms with van der Waals surface area (Å²) in [6, 6.07) is 16.5. The highest BCUT2D eigenvalue weighted by molar-refractivity contribution is 14.0. The Hall–Kier alpha value is -1.84. The number of nitrogens with zero attached hydrogens (tertiary/aromatic N) is 2. The van der Waals surface area contributed by atoms with Crippen molar-refractivity contribution in [1.82, 2.24) is 10.2 Å². The molecule has 0 spiro atoms. The highest BCUT2D eigenvalue weighted by Gasteiger charge is 2.03. The molecule has 160 valence electrons. The lowest BCUT2D eigenvalue weighted by atomic mass is 10.1. The van der Waals surface area contributed by atoms with E-state index in [4.69, 9.17) is 9.47 Å². The second kappa shape index (κ2) is 14.2. The molecule has 2 rings (SSSR count). The summed E-state index contributed by atoms with van der Waals surface area (Å²) in [5.74, 6) is 1.54. The fourth-order valence-corrected chi connectivity index (χ4v) is 2.76. The number of nitrogens with one attached hydrogen (secondary N) is 2. The maximum absolute atomic E-state index is 5.75. The number of anilines is 1. The second-order valence-electron chi connectivity index (χ2n) is 6.83. The van der Waals surface area contributed by atoms with Gasteiger partial charge in [0.15, 0.2) is 5.96 Å². The number of hydrogen-bond donors (Lipinski definition) is 2. The van der Waals surface area contributed by atoms with Crippen LogP contribution in [-0.4, -0.2) is 52.3 Å². The minimum atomic E-state index is 0. The molecule has 0 bridgehead atoms. The maximum atomic E-state index is 5.75. The number of rotatable bonds is 10. The largest absolute Gasteiger partial charge is 0.493 e. The molecule has 0 aliphatic rings. The highest BCUT2D eigenvalue weighted by Crippen LogP contribution is 2.17. The number of aliphatic imine (C=N–C) groups is 1. The molecule has 2 N–H and O–H groups in total. The van der Waals surface area contributed by atoms with Crippen LogP contribution in [0.3, 0.4) is 0 Å². The Morgan fingerprint density at radius 1 is 1.03 bits per heavy atom. The van der Waals surface area contributed by atoms with Crippen molar-refractivity contribution in [1.29, 1.82) is 0 Å². The van der Waals surface area contributed by atoms with Crippen molar-refractivity contribution >= 4 is 35.6 Å². The van der Waals surface area contributed by atoms with Gasteiger partial charge in [-0.3, -0.25) is 4.99 Å². The first kappa shape index (κ1) is 25.2. The van der Waals surface area contributed by atoms with E-state index in [0.29, 0.717) is 19.8 Å². The molecule has 0 amide bonds. The SMILES string of the molecule is CN=C(NCc1cccc(CN(C)C)c1)Nc1cccc(OCCCOC)c1.I. The molecule has 2 aromatic carbocycles.